The maximum absolute atomic E-state index is 3.60. The summed E-state index contributed by atoms with van der Waals surface area (Å²) in [6.45, 7) is 6.11. The number of thiophene rings is 1. The fourth-order valence-corrected chi connectivity index (χ4v) is 4.15. The minimum absolute atomic E-state index is 0.631. The van der Waals surface area contributed by atoms with Gasteiger partial charge in [0.25, 0.3) is 0 Å². The number of fused-ring (bicyclic) bond motifs is 1. The van der Waals surface area contributed by atoms with E-state index in [0.29, 0.717) is 6.04 Å². The van der Waals surface area contributed by atoms with E-state index >= 15 is 0 Å². The van der Waals surface area contributed by atoms with Gasteiger partial charge in [-0.1, -0.05) is 0 Å². The summed E-state index contributed by atoms with van der Waals surface area (Å²) < 4.78 is 0. The van der Waals surface area contributed by atoms with Crippen LogP contribution in [0.15, 0.2) is 11.4 Å². The summed E-state index contributed by atoms with van der Waals surface area (Å²) in [5.74, 6) is 0. The molecule has 0 amide bonds. The second kappa shape index (κ2) is 5.09. The summed E-state index contributed by atoms with van der Waals surface area (Å²) in [7, 11) is 0. The zero-order valence-corrected chi connectivity index (χ0v) is 11.4. The highest BCUT2D eigenvalue weighted by atomic mass is 32.1. The topological polar surface area (TPSA) is 15.3 Å². The minimum Gasteiger partial charge on any atom is -0.314 e. The largest absolute Gasteiger partial charge is 0.314 e. The van der Waals surface area contributed by atoms with Crippen molar-refractivity contribution >= 4 is 11.3 Å². The molecule has 2 nitrogen and oxygen atoms in total. The molecule has 17 heavy (non-hydrogen) atoms. The van der Waals surface area contributed by atoms with Gasteiger partial charge in [-0.25, -0.2) is 0 Å². The SMILES string of the molecule is CC1c2ccsc2CCN1CCC1CCCN1. The van der Waals surface area contributed by atoms with Crippen molar-refractivity contribution in [1.29, 1.82) is 0 Å². The van der Waals surface area contributed by atoms with Crippen LogP contribution < -0.4 is 5.32 Å². The van der Waals surface area contributed by atoms with E-state index in [2.05, 4.69) is 28.6 Å². The van der Waals surface area contributed by atoms with Gasteiger partial charge >= 0.3 is 0 Å². The second-order valence-corrected chi connectivity index (χ2v) is 6.34. The third-order valence-electron chi connectivity index (χ3n) is 4.33. The summed E-state index contributed by atoms with van der Waals surface area (Å²) in [6.07, 6.45) is 5.33. The van der Waals surface area contributed by atoms with Crippen LogP contribution in [0.3, 0.4) is 0 Å². The van der Waals surface area contributed by atoms with E-state index in [0.717, 1.165) is 6.04 Å². The lowest BCUT2D eigenvalue weighted by Gasteiger charge is -2.34. The van der Waals surface area contributed by atoms with Crippen LogP contribution in [0, 0.1) is 0 Å². The van der Waals surface area contributed by atoms with Crippen LogP contribution in [-0.4, -0.2) is 30.6 Å². The summed E-state index contributed by atoms with van der Waals surface area (Å²) in [5, 5.41) is 5.85. The smallest absolute Gasteiger partial charge is 0.0331 e. The molecule has 2 aliphatic rings. The lowest BCUT2D eigenvalue weighted by molar-refractivity contribution is 0.191. The Kier molecular flexibility index (Phi) is 3.50. The zero-order valence-electron chi connectivity index (χ0n) is 10.6. The standard InChI is InChI=1S/C14H22N2S/c1-11-13-6-10-17-14(13)5-9-16(11)8-4-12-3-2-7-15-12/h6,10-12,15H,2-5,7-9H2,1H3. The average molecular weight is 250 g/mol. The van der Waals surface area contributed by atoms with Crippen molar-refractivity contribution in [3.63, 3.8) is 0 Å². The van der Waals surface area contributed by atoms with E-state index < -0.39 is 0 Å². The predicted octanol–water partition coefficient (Wildman–Crippen LogP) is 2.81. The van der Waals surface area contributed by atoms with E-state index in [9.17, 15) is 0 Å². The van der Waals surface area contributed by atoms with Crippen LogP contribution in [-0.2, 0) is 6.42 Å². The molecule has 0 radical (unpaired) electrons. The van der Waals surface area contributed by atoms with Gasteiger partial charge < -0.3 is 5.32 Å². The van der Waals surface area contributed by atoms with Gasteiger partial charge in [0.2, 0.25) is 0 Å². The van der Waals surface area contributed by atoms with Crippen LogP contribution in [0.25, 0.3) is 0 Å². The number of rotatable bonds is 3. The highest BCUT2D eigenvalue weighted by Crippen LogP contribution is 2.32. The lowest BCUT2D eigenvalue weighted by Crippen LogP contribution is -2.36. The second-order valence-electron chi connectivity index (χ2n) is 5.34. The Hall–Kier alpha value is -0.380. The van der Waals surface area contributed by atoms with Gasteiger partial charge in [0.05, 0.1) is 0 Å². The van der Waals surface area contributed by atoms with Gasteiger partial charge in [0, 0.05) is 30.1 Å². The molecule has 2 unspecified atom stereocenters. The Morgan fingerprint density at radius 1 is 1.53 bits per heavy atom. The molecule has 0 bridgehead atoms. The highest BCUT2D eigenvalue weighted by molar-refractivity contribution is 7.10. The fraction of sp³-hybridized carbons (Fsp3) is 0.714. The van der Waals surface area contributed by atoms with E-state index in [1.165, 1.54) is 45.3 Å². The normalized spacial score (nSPS) is 29.5. The third kappa shape index (κ3) is 2.42. The Labute approximate surface area is 108 Å². The van der Waals surface area contributed by atoms with Crippen molar-refractivity contribution in [2.24, 2.45) is 0 Å². The molecular weight excluding hydrogens is 228 g/mol. The molecule has 1 aromatic heterocycles. The molecule has 1 N–H and O–H groups in total. The fourth-order valence-electron chi connectivity index (χ4n) is 3.19. The minimum atomic E-state index is 0.631. The van der Waals surface area contributed by atoms with E-state index in [1.807, 2.05) is 11.3 Å². The van der Waals surface area contributed by atoms with Gasteiger partial charge in [0.15, 0.2) is 0 Å². The number of nitrogens with zero attached hydrogens (tertiary/aromatic N) is 1. The van der Waals surface area contributed by atoms with E-state index in [4.69, 9.17) is 0 Å². The third-order valence-corrected chi connectivity index (χ3v) is 5.33. The van der Waals surface area contributed by atoms with Gasteiger partial charge in [-0.3, -0.25) is 4.90 Å². The Morgan fingerprint density at radius 2 is 2.47 bits per heavy atom. The molecule has 2 aliphatic heterocycles. The highest BCUT2D eigenvalue weighted by Gasteiger charge is 2.25. The van der Waals surface area contributed by atoms with Crippen molar-refractivity contribution in [2.75, 3.05) is 19.6 Å². The van der Waals surface area contributed by atoms with Gasteiger partial charge in [-0.2, -0.15) is 0 Å². The molecule has 3 heteroatoms. The van der Waals surface area contributed by atoms with Gasteiger partial charge in [-0.15, -0.1) is 11.3 Å². The first-order valence-electron chi connectivity index (χ1n) is 6.88. The van der Waals surface area contributed by atoms with Crippen molar-refractivity contribution in [3.05, 3.63) is 21.9 Å². The van der Waals surface area contributed by atoms with E-state index in [-0.39, 0.29) is 0 Å². The van der Waals surface area contributed by atoms with Crippen LogP contribution in [0.5, 0.6) is 0 Å². The predicted molar refractivity (Wildman–Crippen MR) is 73.7 cm³/mol. The first-order chi connectivity index (χ1) is 8.34. The summed E-state index contributed by atoms with van der Waals surface area (Å²) in [4.78, 5) is 4.28. The van der Waals surface area contributed by atoms with Gasteiger partial charge in [0.1, 0.15) is 0 Å². The summed E-state index contributed by atoms with van der Waals surface area (Å²) in [5.41, 5.74) is 1.58. The van der Waals surface area contributed by atoms with Crippen LogP contribution in [0.2, 0.25) is 0 Å². The molecular formula is C14H22N2S. The molecule has 1 saturated heterocycles. The Bertz CT molecular complexity index is 368. The molecule has 1 aromatic rings. The van der Waals surface area contributed by atoms with Gasteiger partial charge in [-0.05, 0) is 56.2 Å². The van der Waals surface area contributed by atoms with Crippen molar-refractivity contribution in [1.82, 2.24) is 10.2 Å². The van der Waals surface area contributed by atoms with Crippen molar-refractivity contribution < 1.29 is 0 Å². The molecule has 94 valence electrons. The first kappa shape index (κ1) is 11.7. The van der Waals surface area contributed by atoms with Crippen molar-refractivity contribution in [2.45, 2.75) is 44.7 Å². The first-order valence-corrected chi connectivity index (χ1v) is 7.76. The molecule has 3 rings (SSSR count). The lowest BCUT2D eigenvalue weighted by atomic mass is 10.0. The molecule has 0 aromatic carbocycles. The summed E-state index contributed by atoms with van der Waals surface area (Å²) >= 11 is 1.94. The molecule has 2 atom stereocenters. The summed E-state index contributed by atoms with van der Waals surface area (Å²) in [6, 6.07) is 3.74. The monoisotopic (exact) mass is 250 g/mol. The van der Waals surface area contributed by atoms with Crippen molar-refractivity contribution in [3.8, 4) is 0 Å². The molecule has 3 heterocycles. The van der Waals surface area contributed by atoms with E-state index in [1.54, 1.807) is 10.4 Å². The molecule has 0 spiro atoms. The quantitative estimate of drug-likeness (QED) is 0.887. The van der Waals surface area contributed by atoms with Crippen LogP contribution in [0.4, 0.5) is 0 Å². The zero-order chi connectivity index (χ0) is 11.7. The Morgan fingerprint density at radius 3 is 3.29 bits per heavy atom. The van der Waals surface area contributed by atoms with Crippen LogP contribution >= 0.6 is 11.3 Å². The number of hydrogen-bond donors (Lipinski definition) is 1. The van der Waals surface area contributed by atoms with Crippen LogP contribution in [0.1, 0.15) is 42.7 Å². The molecule has 0 saturated carbocycles. The Balaban J connectivity index is 1.58. The average Bonchev–Trinajstić information content (AvgIpc) is 2.99. The molecule has 0 aliphatic carbocycles. The number of hydrogen-bond acceptors (Lipinski definition) is 3. The molecule has 1 fully saturated rings. The maximum Gasteiger partial charge on any atom is 0.0331 e. The maximum atomic E-state index is 3.60. The number of nitrogens with one attached hydrogen (secondary N) is 1.